The summed E-state index contributed by atoms with van der Waals surface area (Å²) in [6, 6.07) is 17.6. The van der Waals surface area contributed by atoms with Crippen LogP contribution >= 0.6 is 21.8 Å². The van der Waals surface area contributed by atoms with Gasteiger partial charge in [-0.2, -0.15) is 0 Å². The molecule has 1 amide bonds. The number of carbonyl (C=O) groups excluding carboxylic acids is 1. The zero-order valence-corrected chi connectivity index (χ0v) is 16.8. The third-order valence-corrected chi connectivity index (χ3v) is 6.20. The molecule has 0 unspecified atom stereocenters. The standard InChI is InChI=1S/C20H21NO3S2/c1-20(2,3)15-9-11-16(12-10-15)25-26-21(4)19(22)24-18-13-14-7-5-6-8-17(14)23-18/h5-13H,1-4H3. The molecule has 4 nitrogen and oxygen atoms in total. The number of para-hydroxylation sites is 1. The second-order valence-corrected chi connectivity index (χ2v) is 9.18. The molecule has 0 radical (unpaired) electrons. The van der Waals surface area contributed by atoms with Crippen LogP contribution in [0.1, 0.15) is 26.3 Å². The van der Waals surface area contributed by atoms with Gasteiger partial charge in [0.25, 0.3) is 5.95 Å². The maximum Gasteiger partial charge on any atom is 0.428 e. The molecule has 1 aromatic heterocycles. The highest BCUT2D eigenvalue weighted by atomic mass is 33.1. The van der Waals surface area contributed by atoms with Crippen LogP contribution < -0.4 is 4.74 Å². The second-order valence-electron chi connectivity index (χ2n) is 6.90. The van der Waals surface area contributed by atoms with Crippen molar-refractivity contribution in [1.29, 1.82) is 0 Å². The summed E-state index contributed by atoms with van der Waals surface area (Å²) in [7, 11) is 4.49. The quantitative estimate of drug-likeness (QED) is 0.377. The smallest absolute Gasteiger partial charge is 0.425 e. The van der Waals surface area contributed by atoms with Gasteiger partial charge < -0.3 is 9.15 Å². The summed E-state index contributed by atoms with van der Waals surface area (Å²) in [5, 5.41) is 0.902. The van der Waals surface area contributed by atoms with Gasteiger partial charge in [-0.05, 0) is 40.0 Å². The van der Waals surface area contributed by atoms with Gasteiger partial charge in [0.05, 0.1) is 0 Å². The Labute approximate surface area is 161 Å². The van der Waals surface area contributed by atoms with Crippen molar-refractivity contribution in [3.05, 3.63) is 60.2 Å². The molecule has 0 spiro atoms. The Hall–Kier alpha value is -2.05. The molecule has 0 bridgehead atoms. The lowest BCUT2D eigenvalue weighted by atomic mass is 9.87. The largest absolute Gasteiger partial charge is 0.428 e. The lowest BCUT2D eigenvalue weighted by molar-refractivity contribution is 0.176. The molecule has 6 heteroatoms. The van der Waals surface area contributed by atoms with Gasteiger partial charge in [-0.3, -0.25) is 0 Å². The first kappa shape index (κ1) is 18.7. The van der Waals surface area contributed by atoms with Crippen LogP contribution in [0.3, 0.4) is 0 Å². The van der Waals surface area contributed by atoms with Gasteiger partial charge in [0.2, 0.25) is 0 Å². The van der Waals surface area contributed by atoms with Gasteiger partial charge in [-0.15, -0.1) is 0 Å². The Morgan fingerprint density at radius 3 is 2.42 bits per heavy atom. The molecule has 0 atom stereocenters. The van der Waals surface area contributed by atoms with E-state index >= 15 is 0 Å². The molecule has 3 aromatic rings. The number of benzene rings is 2. The van der Waals surface area contributed by atoms with Crippen LogP contribution in [-0.2, 0) is 5.41 Å². The summed E-state index contributed by atoms with van der Waals surface area (Å²) >= 11 is 0. The van der Waals surface area contributed by atoms with Crippen molar-refractivity contribution >= 4 is 38.8 Å². The van der Waals surface area contributed by atoms with Crippen LogP contribution in [0.2, 0.25) is 0 Å². The highest BCUT2D eigenvalue weighted by Crippen LogP contribution is 2.35. The predicted octanol–water partition coefficient (Wildman–Crippen LogP) is 6.52. The van der Waals surface area contributed by atoms with Crippen molar-refractivity contribution in [3.8, 4) is 5.95 Å². The van der Waals surface area contributed by atoms with E-state index in [4.69, 9.17) is 9.15 Å². The van der Waals surface area contributed by atoms with Crippen molar-refractivity contribution in [2.75, 3.05) is 7.05 Å². The van der Waals surface area contributed by atoms with E-state index < -0.39 is 6.09 Å². The zero-order valence-electron chi connectivity index (χ0n) is 15.2. The fourth-order valence-corrected chi connectivity index (χ4v) is 3.95. The molecule has 0 fully saturated rings. The van der Waals surface area contributed by atoms with E-state index in [1.807, 2.05) is 24.3 Å². The number of hydrogen-bond donors (Lipinski definition) is 0. The molecule has 0 saturated heterocycles. The predicted molar refractivity (Wildman–Crippen MR) is 109 cm³/mol. The third kappa shape index (κ3) is 4.56. The lowest BCUT2D eigenvalue weighted by Crippen LogP contribution is -2.22. The molecule has 0 saturated carbocycles. The topological polar surface area (TPSA) is 42.7 Å². The highest BCUT2D eigenvalue weighted by Gasteiger charge is 2.16. The van der Waals surface area contributed by atoms with E-state index in [0.29, 0.717) is 5.58 Å². The first-order chi connectivity index (χ1) is 12.3. The highest BCUT2D eigenvalue weighted by molar-refractivity contribution is 8.75. The third-order valence-electron chi connectivity index (χ3n) is 3.81. The Morgan fingerprint density at radius 1 is 1.08 bits per heavy atom. The average Bonchev–Trinajstić information content (AvgIpc) is 3.01. The molecule has 2 aromatic carbocycles. The van der Waals surface area contributed by atoms with E-state index in [0.717, 1.165) is 10.3 Å². The number of amides is 1. The van der Waals surface area contributed by atoms with Gasteiger partial charge in [-0.25, -0.2) is 9.10 Å². The number of rotatable bonds is 4. The number of fused-ring (bicyclic) bond motifs is 1. The number of ether oxygens (including phenoxy) is 1. The van der Waals surface area contributed by atoms with E-state index in [1.54, 1.807) is 13.1 Å². The van der Waals surface area contributed by atoms with E-state index in [-0.39, 0.29) is 11.4 Å². The van der Waals surface area contributed by atoms with Crippen LogP contribution in [0.15, 0.2) is 63.9 Å². The monoisotopic (exact) mass is 387 g/mol. The number of nitrogens with zero attached hydrogens (tertiary/aromatic N) is 1. The Bertz CT molecular complexity index is 864. The Balaban J connectivity index is 1.55. The van der Waals surface area contributed by atoms with E-state index in [1.165, 1.54) is 31.6 Å². The van der Waals surface area contributed by atoms with Gasteiger partial charge >= 0.3 is 6.09 Å². The SMILES string of the molecule is CN(SSc1ccc(C(C)(C)C)cc1)C(=O)Oc1cc2ccccc2o1. The van der Waals surface area contributed by atoms with Gasteiger partial charge in [-0.1, -0.05) is 51.1 Å². The van der Waals surface area contributed by atoms with Crippen molar-refractivity contribution < 1.29 is 13.9 Å². The molecule has 0 aliphatic heterocycles. The molecule has 136 valence electrons. The number of hydrogen-bond acceptors (Lipinski definition) is 5. The van der Waals surface area contributed by atoms with Crippen molar-refractivity contribution in [3.63, 3.8) is 0 Å². The maximum atomic E-state index is 12.2. The Morgan fingerprint density at radius 2 is 1.77 bits per heavy atom. The minimum absolute atomic E-state index is 0.128. The molecular weight excluding hydrogens is 366 g/mol. The van der Waals surface area contributed by atoms with Gasteiger partial charge in [0, 0.05) is 34.4 Å². The van der Waals surface area contributed by atoms with Crippen LogP contribution in [0.25, 0.3) is 11.0 Å². The second kappa shape index (κ2) is 7.68. The average molecular weight is 388 g/mol. The minimum Gasteiger partial charge on any atom is -0.425 e. The Kier molecular flexibility index (Phi) is 5.53. The van der Waals surface area contributed by atoms with Crippen molar-refractivity contribution in [1.82, 2.24) is 4.31 Å². The first-order valence-electron chi connectivity index (χ1n) is 8.22. The molecule has 0 N–H and O–H groups in total. The number of carbonyl (C=O) groups is 1. The van der Waals surface area contributed by atoms with Crippen LogP contribution in [-0.4, -0.2) is 17.4 Å². The number of furan rings is 1. The molecular formula is C20H21NO3S2. The lowest BCUT2D eigenvalue weighted by Gasteiger charge is -2.19. The first-order valence-corrected chi connectivity index (χ1v) is 10.3. The fourth-order valence-electron chi connectivity index (χ4n) is 2.30. The maximum absolute atomic E-state index is 12.2. The van der Waals surface area contributed by atoms with Crippen molar-refractivity contribution in [2.24, 2.45) is 0 Å². The molecule has 0 aliphatic carbocycles. The van der Waals surface area contributed by atoms with Crippen molar-refractivity contribution in [2.45, 2.75) is 31.1 Å². The summed E-state index contributed by atoms with van der Waals surface area (Å²) in [5.41, 5.74) is 2.10. The fraction of sp³-hybridized carbons (Fsp3) is 0.250. The summed E-state index contributed by atoms with van der Waals surface area (Å²) in [5.74, 6) is 0.197. The van der Waals surface area contributed by atoms with E-state index in [9.17, 15) is 4.79 Å². The normalized spacial score (nSPS) is 11.5. The van der Waals surface area contributed by atoms with Gasteiger partial charge in [0.1, 0.15) is 5.58 Å². The minimum atomic E-state index is -0.479. The molecule has 1 heterocycles. The van der Waals surface area contributed by atoms with E-state index in [2.05, 4.69) is 45.0 Å². The van der Waals surface area contributed by atoms with Crippen LogP contribution in [0.4, 0.5) is 4.79 Å². The summed E-state index contributed by atoms with van der Waals surface area (Å²) < 4.78 is 12.3. The van der Waals surface area contributed by atoms with Crippen LogP contribution in [0.5, 0.6) is 5.95 Å². The summed E-state index contributed by atoms with van der Waals surface area (Å²) in [6.45, 7) is 6.56. The van der Waals surface area contributed by atoms with Gasteiger partial charge in [0.15, 0.2) is 0 Å². The molecule has 26 heavy (non-hydrogen) atoms. The zero-order chi connectivity index (χ0) is 18.7. The van der Waals surface area contributed by atoms with Crippen LogP contribution in [0, 0.1) is 0 Å². The molecule has 0 aliphatic rings. The summed E-state index contributed by atoms with van der Waals surface area (Å²) in [4.78, 5) is 13.3. The molecule has 3 rings (SSSR count). The summed E-state index contributed by atoms with van der Waals surface area (Å²) in [6.07, 6.45) is -0.479.